The largest absolute Gasteiger partial charge is 0.474 e. The molecule has 1 atom stereocenters. The number of carbonyl (C=O) groups is 1. The zero-order chi connectivity index (χ0) is 24.6. The highest BCUT2D eigenvalue weighted by atomic mass is 16.5. The fraction of sp³-hybridized carbons (Fsp3) is 0.286. The van der Waals surface area contributed by atoms with Crippen LogP contribution in [0.5, 0.6) is 5.88 Å². The molecule has 0 saturated carbocycles. The van der Waals surface area contributed by atoms with Gasteiger partial charge in [0.2, 0.25) is 11.8 Å². The number of nitrogens with zero attached hydrogens (tertiary/aromatic N) is 4. The van der Waals surface area contributed by atoms with Crippen LogP contribution in [0.2, 0.25) is 0 Å². The molecule has 3 aromatic heterocycles. The number of hydrogen-bond acceptors (Lipinski definition) is 7. The summed E-state index contributed by atoms with van der Waals surface area (Å²) in [5.41, 5.74) is 8.63. The minimum absolute atomic E-state index is 0.104. The fourth-order valence-corrected chi connectivity index (χ4v) is 5.03. The molecule has 182 valence electrons. The van der Waals surface area contributed by atoms with E-state index in [-0.39, 0.29) is 11.9 Å². The standard InChI is InChI=1S/C28H26N4O4/c1-17-14-36-31-27(17)20-5-3-19(4-6-20)24-13-29-22(11-21(24)15-34-2)9-18-10-25-28(30-12-18)35-16-23-7-8-26(33)32(23)25/h3-6,10-14,23H,7-9,15-16H2,1-2H3/t23-/m0/s1. The second-order valence-electron chi connectivity index (χ2n) is 9.30. The van der Waals surface area contributed by atoms with Gasteiger partial charge in [-0.1, -0.05) is 29.4 Å². The number of aryl methyl sites for hydroxylation is 1. The van der Waals surface area contributed by atoms with Gasteiger partial charge >= 0.3 is 0 Å². The summed E-state index contributed by atoms with van der Waals surface area (Å²) in [7, 11) is 1.69. The van der Waals surface area contributed by atoms with Gasteiger partial charge in [-0.15, -0.1) is 0 Å². The van der Waals surface area contributed by atoms with Gasteiger partial charge in [-0.3, -0.25) is 9.78 Å². The summed E-state index contributed by atoms with van der Waals surface area (Å²) < 4.78 is 16.4. The molecule has 1 saturated heterocycles. The number of carbonyl (C=O) groups excluding carboxylic acids is 1. The van der Waals surface area contributed by atoms with E-state index in [0.717, 1.165) is 56.9 Å². The lowest BCUT2D eigenvalue weighted by Gasteiger charge is -2.31. The summed E-state index contributed by atoms with van der Waals surface area (Å²) in [5.74, 6) is 0.663. The zero-order valence-electron chi connectivity index (χ0n) is 20.2. The van der Waals surface area contributed by atoms with Gasteiger partial charge in [0.25, 0.3) is 0 Å². The summed E-state index contributed by atoms with van der Waals surface area (Å²) >= 11 is 0. The van der Waals surface area contributed by atoms with Gasteiger partial charge < -0.3 is 18.9 Å². The molecule has 5 heterocycles. The first kappa shape index (κ1) is 22.4. The molecular formula is C28H26N4O4. The Hall–Kier alpha value is -4.04. The maximum atomic E-state index is 12.4. The number of hydrogen-bond donors (Lipinski definition) is 0. The number of amides is 1. The lowest BCUT2D eigenvalue weighted by atomic mass is 9.98. The molecule has 36 heavy (non-hydrogen) atoms. The molecule has 4 aromatic rings. The molecule has 6 rings (SSSR count). The van der Waals surface area contributed by atoms with Crippen LogP contribution in [0, 0.1) is 6.92 Å². The monoisotopic (exact) mass is 482 g/mol. The molecule has 2 aliphatic rings. The van der Waals surface area contributed by atoms with Crippen LogP contribution in [-0.4, -0.2) is 40.8 Å². The van der Waals surface area contributed by atoms with E-state index in [1.165, 1.54) is 0 Å². The molecule has 0 bridgehead atoms. The van der Waals surface area contributed by atoms with E-state index in [4.69, 9.17) is 19.0 Å². The van der Waals surface area contributed by atoms with E-state index in [1.807, 2.05) is 36.2 Å². The molecule has 2 aliphatic heterocycles. The molecule has 0 spiro atoms. The highest BCUT2D eigenvalue weighted by Crippen LogP contribution is 2.38. The van der Waals surface area contributed by atoms with Crippen molar-refractivity contribution in [3.63, 3.8) is 0 Å². The Bertz CT molecular complexity index is 1430. The predicted octanol–water partition coefficient (Wildman–Crippen LogP) is 4.73. The van der Waals surface area contributed by atoms with Crippen molar-refractivity contribution in [1.29, 1.82) is 0 Å². The molecule has 0 unspecified atom stereocenters. The number of aromatic nitrogens is 3. The van der Waals surface area contributed by atoms with Crippen LogP contribution < -0.4 is 9.64 Å². The van der Waals surface area contributed by atoms with Crippen molar-refractivity contribution < 1.29 is 18.8 Å². The number of anilines is 1. The van der Waals surface area contributed by atoms with E-state index in [1.54, 1.807) is 19.6 Å². The molecule has 1 amide bonds. The number of pyridine rings is 2. The fourth-order valence-electron chi connectivity index (χ4n) is 5.03. The number of rotatable bonds is 6. The van der Waals surface area contributed by atoms with Crippen molar-refractivity contribution >= 4 is 11.6 Å². The number of benzene rings is 1. The number of ether oxygens (including phenoxy) is 2. The molecule has 0 radical (unpaired) electrons. The highest BCUT2D eigenvalue weighted by molar-refractivity contribution is 5.97. The summed E-state index contributed by atoms with van der Waals surface area (Å²) in [6.07, 6.45) is 7.32. The first-order valence-electron chi connectivity index (χ1n) is 12.0. The third-order valence-corrected chi connectivity index (χ3v) is 6.83. The van der Waals surface area contributed by atoms with Gasteiger partial charge in [0.15, 0.2) is 0 Å². The Morgan fingerprint density at radius 1 is 1.11 bits per heavy atom. The van der Waals surface area contributed by atoms with Crippen molar-refractivity contribution in [2.45, 2.75) is 38.8 Å². The molecule has 0 N–H and O–H groups in total. The van der Waals surface area contributed by atoms with Crippen LogP contribution in [0.1, 0.15) is 35.2 Å². The minimum Gasteiger partial charge on any atom is -0.474 e. The van der Waals surface area contributed by atoms with E-state index in [9.17, 15) is 4.79 Å². The van der Waals surface area contributed by atoms with Crippen molar-refractivity contribution in [1.82, 2.24) is 15.1 Å². The van der Waals surface area contributed by atoms with E-state index in [2.05, 4.69) is 28.3 Å². The van der Waals surface area contributed by atoms with Crippen LogP contribution in [-0.2, 0) is 22.6 Å². The third kappa shape index (κ3) is 4.03. The number of fused-ring (bicyclic) bond motifs is 3. The smallest absolute Gasteiger partial charge is 0.238 e. The lowest BCUT2D eigenvalue weighted by molar-refractivity contribution is -0.117. The van der Waals surface area contributed by atoms with E-state index in [0.29, 0.717) is 31.9 Å². The topological polar surface area (TPSA) is 90.6 Å². The second-order valence-corrected chi connectivity index (χ2v) is 9.30. The molecule has 0 aliphatic carbocycles. The lowest BCUT2D eigenvalue weighted by Crippen LogP contribution is -2.40. The average Bonchev–Trinajstić information content (AvgIpc) is 3.50. The van der Waals surface area contributed by atoms with Crippen LogP contribution in [0.15, 0.2) is 59.6 Å². The Kier molecular flexibility index (Phi) is 5.73. The SMILES string of the molecule is COCc1cc(Cc2cnc3c(c2)N2C(=O)CC[C@H]2CO3)ncc1-c1ccc(-c2nocc2C)cc1. The first-order chi connectivity index (χ1) is 17.6. The first-order valence-corrected chi connectivity index (χ1v) is 12.0. The van der Waals surface area contributed by atoms with Crippen LogP contribution in [0.3, 0.4) is 0 Å². The van der Waals surface area contributed by atoms with E-state index < -0.39 is 0 Å². The van der Waals surface area contributed by atoms with Gasteiger partial charge in [-0.25, -0.2) is 4.98 Å². The number of methoxy groups -OCH3 is 1. The molecule has 8 heteroatoms. The molecular weight excluding hydrogens is 456 g/mol. The van der Waals surface area contributed by atoms with Gasteiger partial charge in [0.1, 0.15) is 24.3 Å². The Labute approximate surface area is 208 Å². The van der Waals surface area contributed by atoms with Gasteiger partial charge in [0.05, 0.1) is 12.6 Å². The Morgan fingerprint density at radius 2 is 1.94 bits per heavy atom. The summed E-state index contributed by atoms with van der Waals surface area (Å²) in [6, 6.07) is 12.4. The van der Waals surface area contributed by atoms with Crippen molar-refractivity contribution in [3.05, 3.63) is 77.4 Å². The Balaban J connectivity index is 1.27. The van der Waals surface area contributed by atoms with Crippen LogP contribution >= 0.6 is 0 Å². The predicted molar refractivity (Wildman–Crippen MR) is 134 cm³/mol. The van der Waals surface area contributed by atoms with Crippen LogP contribution in [0.25, 0.3) is 22.4 Å². The minimum atomic E-state index is 0.104. The van der Waals surface area contributed by atoms with Crippen molar-refractivity contribution in [3.8, 4) is 28.3 Å². The molecule has 8 nitrogen and oxygen atoms in total. The molecule has 1 aromatic carbocycles. The summed E-state index contributed by atoms with van der Waals surface area (Å²) in [4.78, 5) is 23.5. The third-order valence-electron chi connectivity index (χ3n) is 6.83. The average molecular weight is 483 g/mol. The van der Waals surface area contributed by atoms with Gasteiger partial charge in [-0.05, 0) is 42.2 Å². The summed E-state index contributed by atoms with van der Waals surface area (Å²) in [5, 5.41) is 4.09. The molecule has 1 fully saturated rings. The zero-order valence-corrected chi connectivity index (χ0v) is 20.2. The second kappa shape index (κ2) is 9.20. The normalized spacial score (nSPS) is 16.6. The maximum absolute atomic E-state index is 12.4. The van der Waals surface area contributed by atoms with Crippen molar-refractivity contribution in [2.24, 2.45) is 0 Å². The quantitative estimate of drug-likeness (QED) is 0.392. The van der Waals surface area contributed by atoms with Crippen LogP contribution in [0.4, 0.5) is 5.69 Å². The Morgan fingerprint density at radius 3 is 2.72 bits per heavy atom. The maximum Gasteiger partial charge on any atom is 0.238 e. The van der Waals surface area contributed by atoms with Crippen molar-refractivity contribution in [2.75, 3.05) is 18.6 Å². The van der Waals surface area contributed by atoms with E-state index >= 15 is 0 Å². The summed E-state index contributed by atoms with van der Waals surface area (Å²) in [6.45, 7) is 2.95. The van der Waals surface area contributed by atoms with Gasteiger partial charge in [0, 0.05) is 54.7 Å². The highest BCUT2D eigenvalue weighted by Gasteiger charge is 2.38. The van der Waals surface area contributed by atoms with Gasteiger partial charge in [-0.2, -0.15) is 0 Å².